The van der Waals surface area contributed by atoms with E-state index >= 15 is 0 Å². The Kier molecular flexibility index (Phi) is 5.45. The van der Waals surface area contributed by atoms with Gasteiger partial charge in [0.05, 0.1) is 5.94 Å². The maximum absolute atomic E-state index is 5.47. The highest BCUT2D eigenvalue weighted by Gasteiger charge is 2.23. The van der Waals surface area contributed by atoms with Crippen LogP contribution in [0.15, 0.2) is 29.7 Å². The topological polar surface area (TPSA) is 52.8 Å². The molecule has 0 bridgehead atoms. The van der Waals surface area contributed by atoms with Crippen LogP contribution in [-0.4, -0.2) is 32.3 Å². The zero-order chi connectivity index (χ0) is 15.2. The van der Waals surface area contributed by atoms with Gasteiger partial charge in [-0.3, -0.25) is 9.55 Å². The Labute approximate surface area is 135 Å². The van der Waals surface area contributed by atoms with E-state index in [0.717, 1.165) is 23.2 Å². The van der Waals surface area contributed by atoms with Crippen LogP contribution in [0, 0.1) is 0 Å². The summed E-state index contributed by atoms with van der Waals surface area (Å²) in [5.74, 6) is 1.57. The van der Waals surface area contributed by atoms with E-state index in [0.29, 0.717) is 12.0 Å². The van der Waals surface area contributed by atoms with Crippen LogP contribution in [0.1, 0.15) is 45.1 Å². The van der Waals surface area contributed by atoms with Crippen molar-refractivity contribution in [3.8, 4) is 11.4 Å². The second kappa shape index (κ2) is 7.74. The van der Waals surface area contributed by atoms with Crippen LogP contribution in [0.4, 0.5) is 0 Å². The summed E-state index contributed by atoms with van der Waals surface area (Å²) in [5.41, 5.74) is 1.08. The second-order valence-electron chi connectivity index (χ2n) is 5.46. The van der Waals surface area contributed by atoms with Crippen LogP contribution in [0.5, 0.6) is 0 Å². The number of rotatable bonds is 6. The largest absolute Gasteiger partial charge is 0.371 e. The first-order valence-corrected chi connectivity index (χ1v) is 8.94. The lowest BCUT2D eigenvalue weighted by Gasteiger charge is -2.25. The lowest BCUT2D eigenvalue weighted by molar-refractivity contribution is 0.198. The van der Waals surface area contributed by atoms with Gasteiger partial charge < -0.3 is 4.74 Å². The van der Waals surface area contributed by atoms with E-state index in [1.807, 2.05) is 31.5 Å². The summed E-state index contributed by atoms with van der Waals surface area (Å²) in [6, 6.07) is 4.50. The summed E-state index contributed by atoms with van der Waals surface area (Å²) in [4.78, 5) is 4.10. The number of thioether (sulfide) groups is 1. The van der Waals surface area contributed by atoms with Gasteiger partial charge in [0.25, 0.3) is 0 Å². The zero-order valence-electron chi connectivity index (χ0n) is 12.9. The SMILES string of the molecule is CCOCSc1nnc(-c2ccncc2)n1C1CCCCC1. The molecular weight excluding hydrogens is 296 g/mol. The minimum absolute atomic E-state index is 0.496. The molecule has 0 aliphatic heterocycles. The van der Waals surface area contributed by atoms with E-state index in [-0.39, 0.29) is 0 Å². The predicted molar refractivity (Wildman–Crippen MR) is 87.7 cm³/mol. The molecule has 6 heteroatoms. The summed E-state index contributed by atoms with van der Waals surface area (Å²) in [6.45, 7) is 2.73. The van der Waals surface area contributed by atoms with Crippen molar-refractivity contribution >= 4 is 11.8 Å². The molecule has 0 saturated heterocycles. The Morgan fingerprint density at radius 2 is 1.95 bits per heavy atom. The van der Waals surface area contributed by atoms with Crippen molar-refractivity contribution in [3.05, 3.63) is 24.5 Å². The van der Waals surface area contributed by atoms with Crippen molar-refractivity contribution in [2.45, 2.75) is 50.2 Å². The number of hydrogen-bond donors (Lipinski definition) is 0. The molecule has 1 aliphatic rings. The van der Waals surface area contributed by atoms with Crippen molar-refractivity contribution in [2.75, 3.05) is 12.5 Å². The molecule has 0 aromatic carbocycles. The summed E-state index contributed by atoms with van der Waals surface area (Å²) in [7, 11) is 0. The lowest BCUT2D eigenvalue weighted by atomic mass is 9.95. The van der Waals surface area contributed by atoms with Crippen molar-refractivity contribution < 1.29 is 4.74 Å². The van der Waals surface area contributed by atoms with Gasteiger partial charge in [0, 0.05) is 30.6 Å². The third-order valence-electron chi connectivity index (χ3n) is 4.02. The first-order chi connectivity index (χ1) is 10.9. The molecule has 0 amide bonds. The number of aromatic nitrogens is 4. The average molecular weight is 318 g/mol. The van der Waals surface area contributed by atoms with Crippen LogP contribution >= 0.6 is 11.8 Å². The van der Waals surface area contributed by atoms with Gasteiger partial charge in [0.1, 0.15) is 0 Å². The predicted octanol–water partition coefficient (Wildman–Crippen LogP) is 3.93. The van der Waals surface area contributed by atoms with Crippen molar-refractivity contribution in [2.24, 2.45) is 0 Å². The van der Waals surface area contributed by atoms with Crippen LogP contribution in [0.25, 0.3) is 11.4 Å². The van der Waals surface area contributed by atoms with Crippen LogP contribution in [0.2, 0.25) is 0 Å². The Bertz CT molecular complexity index is 581. The molecule has 3 rings (SSSR count). The molecule has 118 valence electrons. The lowest BCUT2D eigenvalue weighted by Crippen LogP contribution is -2.15. The molecule has 1 fully saturated rings. The van der Waals surface area contributed by atoms with Gasteiger partial charge in [0.15, 0.2) is 11.0 Å². The van der Waals surface area contributed by atoms with E-state index in [1.165, 1.54) is 32.1 Å². The summed E-state index contributed by atoms with van der Waals surface area (Å²) >= 11 is 1.63. The van der Waals surface area contributed by atoms with Gasteiger partial charge in [-0.2, -0.15) is 0 Å². The highest BCUT2D eigenvalue weighted by molar-refractivity contribution is 7.99. The number of hydrogen-bond acceptors (Lipinski definition) is 5. The van der Waals surface area contributed by atoms with Gasteiger partial charge in [0.2, 0.25) is 0 Å². The molecule has 0 spiro atoms. The Morgan fingerprint density at radius 3 is 2.68 bits per heavy atom. The maximum Gasteiger partial charge on any atom is 0.194 e. The smallest absolute Gasteiger partial charge is 0.194 e. The van der Waals surface area contributed by atoms with E-state index in [2.05, 4.69) is 19.7 Å². The monoisotopic (exact) mass is 318 g/mol. The fourth-order valence-electron chi connectivity index (χ4n) is 2.92. The van der Waals surface area contributed by atoms with Crippen LogP contribution in [0.3, 0.4) is 0 Å². The van der Waals surface area contributed by atoms with Crippen LogP contribution in [-0.2, 0) is 4.74 Å². The number of pyridine rings is 1. The van der Waals surface area contributed by atoms with Crippen LogP contribution < -0.4 is 0 Å². The minimum Gasteiger partial charge on any atom is -0.371 e. The summed E-state index contributed by atoms with van der Waals surface area (Å²) < 4.78 is 7.78. The molecule has 22 heavy (non-hydrogen) atoms. The molecule has 1 aliphatic carbocycles. The molecule has 0 atom stereocenters. The fourth-order valence-corrected chi connectivity index (χ4v) is 3.75. The van der Waals surface area contributed by atoms with Crippen molar-refractivity contribution in [1.82, 2.24) is 19.7 Å². The van der Waals surface area contributed by atoms with E-state index in [9.17, 15) is 0 Å². The van der Waals surface area contributed by atoms with Crippen molar-refractivity contribution in [3.63, 3.8) is 0 Å². The molecular formula is C16H22N4OS. The van der Waals surface area contributed by atoms with Gasteiger partial charge >= 0.3 is 0 Å². The highest BCUT2D eigenvalue weighted by atomic mass is 32.2. The van der Waals surface area contributed by atoms with Crippen molar-refractivity contribution in [1.29, 1.82) is 0 Å². The summed E-state index contributed by atoms with van der Waals surface area (Å²) in [6.07, 6.45) is 9.94. The minimum atomic E-state index is 0.496. The Hall–Kier alpha value is -1.40. The molecule has 5 nitrogen and oxygen atoms in total. The third kappa shape index (κ3) is 3.50. The first kappa shape index (κ1) is 15.5. The normalized spacial score (nSPS) is 16.0. The first-order valence-electron chi connectivity index (χ1n) is 7.96. The molecule has 0 radical (unpaired) electrons. The molecule has 2 aromatic heterocycles. The molecule has 0 unspecified atom stereocenters. The molecule has 2 aromatic rings. The van der Waals surface area contributed by atoms with Gasteiger partial charge in [-0.15, -0.1) is 10.2 Å². The maximum atomic E-state index is 5.47. The van der Waals surface area contributed by atoms with E-state index in [4.69, 9.17) is 4.74 Å². The number of ether oxygens (including phenoxy) is 1. The Balaban J connectivity index is 1.91. The quantitative estimate of drug-likeness (QED) is 0.459. The van der Waals surface area contributed by atoms with Gasteiger partial charge in [-0.1, -0.05) is 31.0 Å². The number of nitrogens with zero attached hydrogens (tertiary/aromatic N) is 4. The second-order valence-corrected chi connectivity index (χ2v) is 6.35. The van der Waals surface area contributed by atoms with Gasteiger partial charge in [-0.05, 0) is 31.9 Å². The zero-order valence-corrected chi connectivity index (χ0v) is 13.8. The molecule has 0 N–H and O–H groups in total. The average Bonchev–Trinajstić information content (AvgIpc) is 3.01. The fraction of sp³-hybridized carbons (Fsp3) is 0.562. The van der Waals surface area contributed by atoms with E-state index in [1.54, 1.807) is 11.8 Å². The van der Waals surface area contributed by atoms with Gasteiger partial charge in [-0.25, -0.2) is 0 Å². The molecule has 2 heterocycles. The standard InChI is InChI=1S/C16H22N4OS/c1-2-21-12-22-16-19-18-15(13-8-10-17-11-9-13)20(16)14-6-4-3-5-7-14/h8-11,14H,2-7,12H2,1H3. The Morgan fingerprint density at radius 1 is 1.18 bits per heavy atom. The third-order valence-corrected chi connectivity index (χ3v) is 4.84. The summed E-state index contributed by atoms with van der Waals surface area (Å²) in [5, 5.41) is 9.83. The highest BCUT2D eigenvalue weighted by Crippen LogP contribution is 2.35. The molecule has 1 saturated carbocycles. The van der Waals surface area contributed by atoms with E-state index < -0.39 is 0 Å².